The van der Waals surface area contributed by atoms with Crippen LogP contribution in [0.15, 0.2) is 48.5 Å². The standard InChI is InChI=1S/C36H58O3/c1-3-5-7-9-10-11-12-13-14-15-16-18-22-32-26-27-36(34(28-32)25-21-8-6-4-2)39-31-35(29-37)38-30-33-23-19-17-20-24-33/h17,19-20,23-24,26-28,35,37H,3-16,18,21-22,25,29-31H2,1-2H3. The lowest BCUT2D eigenvalue weighted by Gasteiger charge is -2.19. The van der Waals surface area contributed by atoms with E-state index in [0.29, 0.717) is 13.2 Å². The molecule has 0 saturated heterocycles. The number of hydrogen-bond acceptors (Lipinski definition) is 3. The van der Waals surface area contributed by atoms with Crippen molar-refractivity contribution < 1.29 is 14.6 Å². The van der Waals surface area contributed by atoms with Crippen LogP contribution in [0.25, 0.3) is 0 Å². The monoisotopic (exact) mass is 538 g/mol. The van der Waals surface area contributed by atoms with Crippen LogP contribution < -0.4 is 4.74 Å². The van der Waals surface area contributed by atoms with Crippen molar-refractivity contribution in [2.24, 2.45) is 0 Å². The Morgan fingerprint density at radius 2 is 1.18 bits per heavy atom. The second-order valence-electron chi connectivity index (χ2n) is 11.3. The van der Waals surface area contributed by atoms with E-state index >= 15 is 0 Å². The van der Waals surface area contributed by atoms with Gasteiger partial charge in [0.1, 0.15) is 18.5 Å². The lowest BCUT2D eigenvalue weighted by molar-refractivity contribution is -0.0228. The van der Waals surface area contributed by atoms with Gasteiger partial charge in [0, 0.05) is 0 Å². The quantitative estimate of drug-likeness (QED) is 0.128. The van der Waals surface area contributed by atoms with Gasteiger partial charge in [-0.15, -0.1) is 0 Å². The number of aliphatic hydroxyl groups is 1. The summed E-state index contributed by atoms with van der Waals surface area (Å²) in [6.07, 6.45) is 23.5. The number of benzene rings is 2. The second-order valence-corrected chi connectivity index (χ2v) is 11.3. The summed E-state index contributed by atoms with van der Waals surface area (Å²) in [4.78, 5) is 0. The van der Waals surface area contributed by atoms with Crippen LogP contribution in [0.5, 0.6) is 5.75 Å². The molecule has 2 aromatic carbocycles. The first-order valence-corrected chi connectivity index (χ1v) is 16.3. The van der Waals surface area contributed by atoms with Crippen molar-refractivity contribution in [1.82, 2.24) is 0 Å². The Hall–Kier alpha value is -1.84. The predicted molar refractivity (Wildman–Crippen MR) is 167 cm³/mol. The molecule has 2 aromatic rings. The maximum absolute atomic E-state index is 9.83. The van der Waals surface area contributed by atoms with Crippen molar-refractivity contribution in [3.63, 3.8) is 0 Å². The van der Waals surface area contributed by atoms with Crippen LogP contribution in [-0.4, -0.2) is 24.4 Å². The van der Waals surface area contributed by atoms with Crippen LogP contribution in [0.3, 0.4) is 0 Å². The van der Waals surface area contributed by atoms with Gasteiger partial charge < -0.3 is 14.6 Å². The molecule has 220 valence electrons. The van der Waals surface area contributed by atoms with Crippen LogP contribution >= 0.6 is 0 Å². The Balaban J connectivity index is 1.74. The van der Waals surface area contributed by atoms with Crippen LogP contribution in [0.4, 0.5) is 0 Å². The maximum atomic E-state index is 9.83. The van der Waals surface area contributed by atoms with Crippen molar-refractivity contribution in [1.29, 1.82) is 0 Å². The summed E-state index contributed by atoms with van der Waals surface area (Å²) in [5, 5.41) is 9.83. The van der Waals surface area contributed by atoms with E-state index < -0.39 is 0 Å². The third kappa shape index (κ3) is 16.1. The molecule has 3 heteroatoms. The third-order valence-corrected chi connectivity index (χ3v) is 7.70. The van der Waals surface area contributed by atoms with E-state index in [1.807, 2.05) is 30.3 Å². The van der Waals surface area contributed by atoms with Gasteiger partial charge >= 0.3 is 0 Å². The maximum Gasteiger partial charge on any atom is 0.122 e. The number of aliphatic hydroxyl groups excluding tert-OH is 1. The Labute approximate surface area is 240 Å². The number of unbranched alkanes of at least 4 members (excludes halogenated alkanes) is 14. The molecular weight excluding hydrogens is 480 g/mol. The van der Waals surface area contributed by atoms with E-state index in [1.165, 1.54) is 114 Å². The highest BCUT2D eigenvalue weighted by molar-refractivity contribution is 5.37. The van der Waals surface area contributed by atoms with E-state index in [4.69, 9.17) is 9.47 Å². The minimum Gasteiger partial charge on any atom is -0.491 e. The summed E-state index contributed by atoms with van der Waals surface area (Å²) in [6, 6.07) is 16.9. The second kappa shape index (κ2) is 22.9. The molecule has 0 aliphatic heterocycles. The van der Waals surface area contributed by atoms with Crippen LogP contribution in [0, 0.1) is 0 Å². The summed E-state index contributed by atoms with van der Waals surface area (Å²) in [5.74, 6) is 0.951. The van der Waals surface area contributed by atoms with E-state index in [2.05, 4.69) is 32.0 Å². The van der Waals surface area contributed by atoms with Gasteiger partial charge in [-0.3, -0.25) is 0 Å². The Bertz CT molecular complexity index is 819. The van der Waals surface area contributed by atoms with Crippen LogP contribution in [-0.2, 0) is 24.2 Å². The summed E-state index contributed by atoms with van der Waals surface area (Å²) in [5.41, 5.74) is 3.84. The molecule has 1 atom stereocenters. The summed E-state index contributed by atoms with van der Waals surface area (Å²) < 4.78 is 12.2. The Morgan fingerprint density at radius 1 is 0.615 bits per heavy atom. The van der Waals surface area contributed by atoms with Crippen molar-refractivity contribution in [2.75, 3.05) is 13.2 Å². The summed E-state index contributed by atoms with van der Waals surface area (Å²) in [6.45, 7) is 5.35. The van der Waals surface area contributed by atoms with Gasteiger partial charge in [0.25, 0.3) is 0 Å². The first-order valence-electron chi connectivity index (χ1n) is 16.3. The first kappa shape index (κ1) is 33.4. The minimum atomic E-state index is -0.334. The lowest BCUT2D eigenvalue weighted by atomic mass is 9.99. The third-order valence-electron chi connectivity index (χ3n) is 7.70. The molecule has 0 bridgehead atoms. The Morgan fingerprint density at radius 3 is 1.79 bits per heavy atom. The largest absolute Gasteiger partial charge is 0.491 e. The molecular formula is C36H58O3. The predicted octanol–water partition coefficient (Wildman–Crippen LogP) is 10.0. The number of hydrogen-bond donors (Lipinski definition) is 1. The molecule has 0 spiro atoms. The SMILES string of the molecule is CCCCCCCCCCCCCCc1ccc(OCC(CO)OCc2ccccc2)c(CCCCCC)c1. The zero-order valence-electron chi connectivity index (χ0n) is 25.3. The zero-order chi connectivity index (χ0) is 27.8. The fourth-order valence-corrected chi connectivity index (χ4v) is 5.16. The first-order chi connectivity index (χ1) is 19.3. The number of ether oxygens (including phenoxy) is 2. The number of aryl methyl sites for hydroxylation is 2. The van der Waals surface area contributed by atoms with E-state index in [0.717, 1.165) is 24.2 Å². The summed E-state index contributed by atoms with van der Waals surface area (Å²) >= 11 is 0. The molecule has 39 heavy (non-hydrogen) atoms. The van der Waals surface area contributed by atoms with Crippen LogP contribution in [0.1, 0.15) is 133 Å². The van der Waals surface area contributed by atoms with Gasteiger partial charge in [-0.2, -0.15) is 0 Å². The average Bonchev–Trinajstić information content (AvgIpc) is 2.97. The van der Waals surface area contributed by atoms with Crippen LogP contribution in [0.2, 0.25) is 0 Å². The summed E-state index contributed by atoms with van der Waals surface area (Å²) in [7, 11) is 0. The molecule has 0 fully saturated rings. The van der Waals surface area contributed by atoms with Gasteiger partial charge in [-0.1, -0.05) is 146 Å². The van der Waals surface area contributed by atoms with Gasteiger partial charge in [0.2, 0.25) is 0 Å². The molecule has 0 aliphatic carbocycles. The highest BCUT2D eigenvalue weighted by Crippen LogP contribution is 2.25. The molecule has 0 amide bonds. The Kier molecular flexibility index (Phi) is 19.6. The highest BCUT2D eigenvalue weighted by Gasteiger charge is 2.12. The molecule has 0 heterocycles. The minimum absolute atomic E-state index is 0.0459. The van der Waals surface area contributed by atoms with Gasteiger partial charge in [0.15, 0.2) is 0 Å². The molecule has 3 nitrogen and oxygen atoms in total. The zero-order valence-corrected chi connectivity index (χ0v) is 25.3. The van der Waals surface area contributed by atoms with Gasteiger partial charge in [0.05, 0.1) is 13.2 Å². The molecule has 0 aliphatic rings. The fraction of sp³-hybridized carbons (Fsp3) is 0.667. The molecule has 0 radical (unpaired) electrons. The average molecular weight is 539 g/mol. The molecule has 0 saturated carbocycles. The molecule has 2 rings (SSSR count). The van der Waals surface area contributed by atoms with Gasteiger partial charge in [-0.25, -0.2) is 0 Å². The molecule has 1 N–H and O–H groups in total. The van der Waals surface area contributed by atoms with Gasteiger partial charge in [-0.05, 0) is 48.4 Å². The normalized spacial score (nSPS) is 12.1. The van der Waals surface area contributed by atoms with E-state index in [9.17, 15) is 5.11 Å². The highest BCUT2D eigenvalue weighted by atomic mass is 16.5. The molecule has 1 unspecified atom stereocenters. The van der Waals surface area contributed by atoms with E-state index in [-0.39, 0.29) is 12.7 Å². The van der Waals surface area contributed by atoms with Crippen molar-refractivity contribution in [2.45, 2.75) is 142 Å². The van der Waals surface area contributed by atoms with Crippen molar-refractivity contribution in [3.8, 4) is 5.75 Å². The lowest BCUT2D eigenvalue weighted by Crippen LogP contribution is -2.25. The van der Waals surface area contributed by atoms with E-state index in [1.54, 1.807) is 0 Å². The topological polar surface area (TPSA) is 38.7 Å². The number of rotatable bonds is 25. The molecule has 0 aromatic heterocycles. The fourth-order valence-electron chi connectivity index (χ4n) is 5.16. The smallest absolute Gasteiger partial charge is 0.122 e. The van der Waals surface area contributed by atoms with Crippen molar-refractivity contribution >= 4 is 0 Å². The van der Waals surface area contributed by atoms with Crippen molar-refractivity contribution in [3.05, 3.63) is 65.2 Å².